The summed E-state index contributed by atoms with van der Waals surface area (Å²) in [4.78, 5) is 2.29. The molecule has 6 rings (SSSR count). The molecule has 2 nitrogen and oxygen atoms in total. The topological polar surface area (TPSA) is 23.5 Å². The molecule has 0 atom stereocenters. The van der Waals surface area contributed by atoms with Crippen LogP contribution in [0.2, 0.25) is 0 Å². The second-order valence-corrected chi connectivity index (χ2v) is 10.5. The van der Waals surface area contributed by atoms with Gasteiger partial charge in [-0.25, -0.2) is 0 Å². The highest BCUT2D eigenvalue weighted by Gasteiger charge is 2.15. The molecule has 2 heteroatoms. The van der Waals surface area contributed by atoms with Crippen LogP contribution in [0.1, 0.15) is 33.4 Å². The maximum absolute atomic E-state index is 9.62. The predicted octanol–water partition coefficient (Wildman–Crippen LogP) is 10.0. The molecule has 0 aromatic heterocycles. The molecule has 0 saturated heterocycles. The normalized spacial score (nSPS) is 10.9. The van der Waals surface area contributed by atoms with E-state index in [1.54, 1.807) is 0 Å². The molecule has 0 saturated carbocycles. The average molecular weight is 532 g/mol. The molecule has 0 bridgehead atoms. The zero-order chi connectivity index (χ0) is 28.2. The summed E-state index contributed by atoms with van der Waals surface area (Å²) >= 11 is 0. The fraction of sp³-hybridized carbons (Fsp3) is 0.0769. The Kier molecular flexibility index (Phi) is 7.49. The molecule has 6 aromatic rings. The molecule has 0 aliphatic heterocycles. The zero-order valence-corrected chi connectivity index (χ0v) is 23.5. The van der Waals surface area contributed by atoms with Crippen molar-refractivity contribution in [3.05, 3.63) is 173 Å². The Bertz CT molecular complexity index is 1740. The van der Waals surface area contributed by atoms with E-state index in [9.17, 15) is 5.11 Å². The summed E-state index contributed by atoms with van der Waals surface area (Å²) in [5.41, 5.74) is 11.4. The number of aliphatic hydroxyl groups excluding tert-OH is 1. The van der Waals surface area contributed by atoms with Gasteiger partial charge in [0.15, 0.2) is 0 Å². The third-order valence-corrected chi connectivity index (χ3v) is 7.57. The SMILES string of the molecule is Cc1ccc(C(=Cc2ccc(N(c3ccc(CO)cc3)c3cccc4ccccc34)cc2)c2ccc(C)cc2)cc1. The molecular weight excluding hydrogens is 498 g/mol. The molecule has 0 heterocycles. The van der Waals surface area contributed by atoms with Gasteiger partial charge in [-0.05, 0) is 83.5 Å². The van der Waals surface area contributed by atoms with Crippen molar-refractivity contribution >= 4 is 39.5 Å². The van der Waals surface area contributed by atoms with Crippen LogP contribution in [0.4, 0.5) is 17.1 Å². The summed E-state index contributed by atoms with van der Waals surface area (Å²) in [6, 6.07) is 49.3. The van der Waals surface area contributed by atoms with E-state index in [2.05, 4.69) is 152 Å². The van der Waals surface area contributed by atoms with Crippen LogP contribution in [0.3, 0.4) is 0 Å². The Labute approximate surface area is 242 Å². The minimum absolute atomic E-state index is 0.0277. The molecule has 0 aliphatic rings. The van der Waals surface area contributed by atoms with Gasteiger partial charge in [0.1, 0.15) is 0 Å². The Morgan fingerprint density at radius 1 is 0.585 bits per heavy atom. The zero-order valence-electron chi connectivity index (χ0n) is 23.5. The van der Waals surface area contributed by atoms with Crippen LogP contribution in [0.5, 0.6) is 0 Å². The maximum atomic E-state index is 9.62. The third-order valence-electron chi connectivity index (χ3n) is 7.57. The molecule has 0 unspecified atom stereocenters. The summed E-state index contributed by atoms with van der Waals surface area (Å²) in [5, 5.41) is 12.0. The highest BCUT2D eigenvalue weighted by Crippen LogP contribution is 2.39. The van der Waals surface area contributed by atoms with Gasteiger partial charge in [0, 0.05) is 16.8 Å². The van der Waals surface area contributed by atoms with Crippen LogP contribution in [0.15, 0.2) is 140 Å². The first-order valence-corrected chi connectivity index (χ1v) is 14.0. The van der Waals surface area contributed by atoms with Gasteiger partial charge in [-0.2, -0.15) is 0 Å². The van der Waals surface area contributed by atoms with E-state index in [-0.39, 0.29) is 6.61 Å². The molecule has 6 aromatic carbocycles. The van der Waals surface area contributed by atoms with Crippen molar-refractivity contribution in [3.8, 4) is 0 Å². The first-order valence-electron chi connectivity index (χ1n) is 14.0. The molecule has 0 fully saturated rings. The monoisotopic (exact) mass is 531 g/mol. The number of anilines is 3. The smallest absolute Gasteiger partial charge is 0.0681 e. The molecule has 0 radical (unpaired) electrons. The number of aryl methyl sites for hydroxylation is 2. The van der Waals surface area contributed by atoms with Crippen molar-refractivity contribution in [2.75, 3.05) is 4.90 Å². The average Bonchev–Trinajstić information content (AvgIpc) is 3.02. The van der Waals surface area contributed by atoms with Gasteiger partial charge in [0.05, 0.1) is 12.3 Å². The number of nitrogens with zero attached hydrogens (tertiary/aromatic N) is 1. The van der Waals surface area contributed by atoms with Crippen molar-refractivity contribution in [2.45, 2.75) is 20.5 Å². The van der Waals surface area contributed by atoms with Crippen molar-refractivity contribution in [1.29, 1.82) is 0 Å². The summed E-state index contributed by atoms with van der Waals surface area (Å²) in [7, 11) is 0. The number of rotatable bonds is 7. The molecule has 200 valence electrons. The van der Waals surface area contributed by atoms with Gasteiger partial charge in [0.2, 0.25) is 0 Å². The van der Waals surface area contributed by atoms with E-state index in [1.807, 2.05) is 12.1 Å². The molecule has 1 N–H and O–H groups in total. The van der Waals surface area contributed by atoms with Gasteiger partial charge >= 0.3 is 0 Å². The van der Waals surface area contributed by atoms with Crippen molar-refractivity contribution in [1.82, 2.24) is 0 Å². The highest BCUT2D eigenvalue weighted by atomic mass is 16.3. The van der Waals surface area contributed by atoms with E-state index in [4.69, 9.17) is 0 Å². The maximum Gasteiger partial charge on any atom is 0.0681 e. The van der Waals surface area contributed by atoms with E-state index < -0.39 is 0 Å². The fourth-order valence-corrected chi connectivity index (χ4v) is 5.27. The Morgan fingerprint density at radius 3 is 1.71 bits per heavy atom. The summed E-state index contributed by atoms with van der Waals surface area (Å²) in [5.74, 6) is 0. The standard InChI is InChI=1S/C39H33NO/c1-28-10-18-33(19-11-28)38(34-20-12-29(2)13-21-34)26-30-14-22-35(23-15-30)40(36-24-16-31(27-41)17-25-36)39-9-5-7-32-6-3-4-8-37(32)39/h3-26,41H,27H2,1-2H3. The minimum Gasteiger partial charge on any atom is -0.392 e. The van der Waals surface area contributed by atoms with E-state index in [0.29, 0.717) is 0 Å². The lowest BCUT2D eigenvalue weighted by atomic mass is 9.94. The molecule has 0 amide bonds. The quantitative estimate of drug-likeness (QED) is 0.207. The Hall–Kier alpha value is -4.92. The first-order chi connectivity index (χ1) is 20.1. The first kappa shape index (κ1) is 26.3. The number of aliphatic hydroxyl groups is 1. The van der Waals surface area contributed by atoms with Crippen molar-refractivity contribution < 1.29 is 5.11 Å². The molecule has 0 aliphatic carbocycles. The van der Waals surface area contributed by atoms with Gasteiger partial charge in [-0.15, -0.1) is 0 Å². The van der Waals surface area contributed by atoms with Crippen molar-refractivity contribution in [2.24, 2.45) is 0 Å². The largest absolute Gasteiger partial charge is 0.392 e. The van der Waals surface area contributed by atoms with Crippen LogP contribution < -0.4 is 4.90 Å². The van der Waals surface area contributed by atoms with E-state index in [0.717, 1.165) is 28.2 Å². The summed E-state index contributed by atoms with van der Waals surface area (Å²) in [6.45, 7) is 4.27. The van der Waals surface area contributed by atoms with Crippen LogP contribution in [0, 0.1) is 13.8 Å². The van der Waals surface area contributed by atoms with Gasteiger partial charge in [0.25, 0.3) is 0 Å². The van der Waals surface area contributed by atoms with Gasteiger partial charge in [-0.3, -0.25) is 0 Å². The lowest BCUT2D eigenvalue weighted by molar-refractivity contribution is 0.282. The van der Waals surface area contributed by atoms with Gasteiger partial charge < -0.3 is 10.0 Å². The van der Waals surface area contributed by atoms with Crippen molar-refractivity contribution in [3.63, 3.8) is 0 Å². The lowest BCUT2D eigenvalue weighted by Crippen LogP contribution is -2.10. The predicted molar refractivity (Wildman–Crippen MR) is 174 cm³/mol. The van der Waals surface area contributed by atoms with E-state index >= 15 is 0 Å². The molecule has 41 heavy (non-hydrogen) atoms. The highest BCUT2D eigenvalue weighted by molar-refractivity contribution is 5.99. The summed E-state index contributed by atoms with van der Waals surface area (Å²) in [6.07, 6.45) is 2.28. The van der Waals surface area contributed by atoms with Crippen LogP contribution >= 0.6 is 0 Å². The third kappa shape index (κ3) is 5.70. The van der Waals surface area contributed by atoms with E-state index in [1.165, 1.54) is 38.6 Å². The van der Waals surface area contributed by atoms with Gasteiger partial charge in [-0.1, -0.05) is 120 Å². The number of hydrogen-bond acceptors (Lipinski definition) is 2. The molecule has 0 spiro atoms. The Balaban J connectivity index is 1.44. The van der Waals surface area contributed by atoms with Crippen LogP contribution in [0.25, 0.3) is 22.4 Å². The lowest BCUT2D eigenvalue weighted by Gasteiger charge is -2.27. The summed E-state index contributed by atoms with van der Waals surface area (Å²) < 4.78 is 0. The fourth-order valence-electron chi connectivity index (χ4n) is 5.27. The number of benzene rings is 6. The second-order valence-electron chi connectivity index (χ2n) is 10.5. The number of hydrogen-bond donors (Lipinski definition) is 1. The minimum atomic E-state index is 0.0277. The Morgan fingerprint density at radius 2 is 1.12 bits per heavy atom. The van der Waals surface area contributed by atoms with Crippen LogP contribution in [-0.2, 0) is 6.61 Å². The molecular formula is C39H33NO. The van der Waals surface area contributed by atoms with Crippen LogP contribution in [-0.4, -0.2) is 5.11 Å². The number of fused-ring (bicyclic) bond motifs is 1. The second kappa shape index (κ2) is 11.7.